The van der Waals surface area contributed by atoms with Crippen LogP contribution in [-0.4, -0.2) is 27.4 Å². The van der Waals surface area contributed by atoms with Gasteiger partial charge in [0.1, 0.15) is 16.1 Å². The molecule has 11 nitrogen and oxygen atoms in total. The molecule has 1 aromatic carbocycles. The van der Waals surface area contributed by atoms with E-state index in [2.05, 4.69) is 14.7 Å². The second kappa shape index (κ2) is 13.7. The zero-order chi connectivity index (χ0) is 24.6. The normalized spacial score (nSPS) is 11.4. The van der Waals surface area contributed by atoms with E-state index in [0.717, 1.165) is 55.7 Å². The maximum Gasteiger partial charge on any atom is 0.751 e. The minimum absolute atomic E-state index is 0. The minimum atomic E-state index is -3.89. The third-order valence-electron chi connectivity index (χ3n) is 4.01. The molecule has 1 atom stereocenters. The number of nitrogens with zero attached hydrogens (tertiary/aromatic N) is 4. The first kappa shape index (κ1) is 28.9. The molecule has 0 bridgehead atoms. The molecule has 17 heteroatoms. The third kappa shape index (κ3) is 8.39. The molecule has 0 aliphatic rings. The summed E-state index contributed by atoms with van der Waals surface area (Å²) < 4.78 is 64.1. The number of hydrogen-bond acceptors (Lipinski definition) is 11. The van der Waals surface area contributed by atoms with Crippen LogP contribution in [0.3, 0.4) is 0 Å². The lowest BCUT2D eigenvalue weighted by atomic mass is 10.2. The van der Waals surface area contributed by atoms with Crippen LogP contribution < -0.4 is 15.4 Å². The van der Waals surface area contributed by atoms with Crippen LogP contribution >= 0.6 is 42.7 Å². The summed E-state index contributed by atoms with van der Waals surface area (Å²) in [6.45, 7) is -0.144. The Hall–Kier alpha value is -2.31. The third-order valence-corrected chi connectivity index (χ3v) is 10.1. The van der Waals surface area contributed by atoms with Crippen molar-refractivity contribution >= 4 is 62.1 Å². The maximum absolute atomic E-state index is 13.6. The van der Waals surface area contributed by atoms with E-state index in [-0.39, 0.29) is 21.7 Å². The number of fused-ring (bicyclic) bond motifs is 1. The van der Waals surface area contributed by atoms with Crippen LogP contribution in [0.15, 0.2) is 39.7 Å². The number of azide groups is 1. The number of thioether (sulfide) groups is 1. The first-order chi connectivity index (χ1) is 16.3. The lowest BCUT2D eigenvalue weighted by molar-refractivity contribution is 0.282. The quantitative estimate of drug-likeness (QED) is 0.0612. The van der Waals surface area contributed by atoms with Crippen molar-refractivity contribution in [2.75, 3.05) is 19.0 Å². The summed E-state index contributed by atoms with van der Waals surface area (Å²) in [6, 6.07) is 8.45. The summed E-state index contributed by atoms with van der Waals surface area (Å²) >= 11 is 4.32. The summed E-state index contributed by atoms with van der Waals surface area (Å²) in [5, 5.41) is 12.2. The Labute approximate surface area is 213 Å². The van der Waals surface area contributed by atoms with Gasteiger partial charge in [0, 0.05) is 42.1 Å². The van der Waals surface area contributed by atoms with Crippen molar-refractivity contribution in [1.82, 2.24) is 10.9 Å². The number of benzene rings is 1. The molecule has 0 saturated carbocycles. The molecule has 0 aliphatic heterocycles. The van der Waals surface area contributed by atoms with E-state index in [1.54, 1.807) is 23.9 Å². The van der Waals surface area contributed by atoms with Gasteiger partial charge in [-0.2, -0.15) is 21.7 Å². The zero-order valence-electron chi connectivity index (χ0n) is 17.9. The van der Waals surface area contributed by atoms with Crippen LogP contribution in [0.4, 0.5) is 4.39 Å². The van der Waals surface area contributed by atoms with Crippen LogP contribution in [0, 0.1) is 17.1 Å². The number of halogens is 1. The second-order valence-corrected chi connectivity index (χ2v) is 12.6. The zero-order valence-corrected chi connectivity index (χ0v) is 22.1. The molecule has 4 N–H and O–H groups in total. The predicted octanol–water partition coefficient (Wildman–Crippen LogP) is 6.06. The van der Waals surface area contributed by atoms with Gasteiger partial charge in [-0.05, 0) is 42.0 Å². The monoisotopic (exact) mass is 577 g/mol. The molecule has 0 amide bonds. The van der Waals surface area contributed by atoms with Gasteiger partial charge in [-0.25, -0.2) is 17.3 Å². The Morgan fingerprint density at radius 2 is 2.06 bits per heavy atom. The highest BCUT2D eigenvalue weighted by Gasteiger charge is 2.26. The largest absolute Gasteiger partial charge is 0.751 e. The van der Waals surface area contributed by atoms with E-state index in [9.17, 15) is 17.4 Å². The van der Waals surface area contributed by atoms with Gasteiger partial charge in [0.15, 0.2) is 12.5 Å². The topological polar surface area (TPSA) is 189 Å². The van der Waals surface area contributed by atoms with Gasteiger partial charge in [-0.1, -0.05) is 9.64 Å². The molecule has 2 aromatic heterocycles. The highest BCUT2D eigenvalue weighted by molar-refractivity contribution is 7.98. The molecule has 0 spiro atoms. The van der Waals surface area contributed by atoms with Gasteiger partial charge in [0.25, 0.3) is 10.0 Å². The van der Waals surface area contributed by atoms with Crippen molar-refractivity contribution in [3.05, 3.63) is 57.0 Å². The molecular formula is C18H19FN6O5PS4+. The second-order valence-electron chi connectivity index (χ2n) is 6.36. The Kier molecular flexibility index (Phi) is 11.3. The van der Waals surface area contributed by atoms with Gasteiger partial charge in [-0.15, -0.1) is 22.7 Å². The summed E-state index contributed by atoms with van der Waals surface area (Å²) in [5.41, 5.74) is 8.05. The fourth-order valence-corrected chi connectivity index (χ4v) is 7.89. The first-order valence-corrected chi connectivity index (χ1v) is 14.8. The van der Waals surface area contributed by atoms with E-state index < -0.39 is 30.8 Å². The van der Waals surface area contributed by atoms with Crippen molar-refractivity contribution in [1.29, 1.82) is 5.26 Å². The average molecular weight is 578 g/mol. The Morgan fingerprint density at radius 1 is 1.29 bits per heavy atom. The SMILES string of the molecule is N.N#Cc1ccc(O[P+](=O)OCNS(=O)(=O)c2cc3sc(CSCCCN=[N+]=[N-])cc3s2)cc1F. The molecule has 0 fully saturated rings. The number of sulfonamides is 1. The number of hydrogen-bond donors (Lipinski definition) is 2. The molecule has 3 rings (SSSR count). The van der Waals surface area contributed by atoms with Gasteiger partial charge in [-0.3, -0.25) is 0 Å². The van der Waals surface area contributed by atoms with Gasteiger partial charge >= 0.3 is 8.25 Å². The fraction of sp³-hybridized carbons (Fsp3) is 0.278. The highest BCUT2D eigenvalue weighted by atomic mass is 32.2. The van der Waals surface area contributed by atoms with E-state index in [4.69, 9.17) is 19.8 Å². The minimum Gasteiger partial charge on any atom is -0.344 e. The van der Waals surface area contributed by atoms with Crippen LogP contribution in [0.5, 0.6) is 5.75 Å². The van der Waals surface area contributed by atoms with Crippen LogP contribution in [0.2, 0.25) is 0 Å². The lowest BCUT2D eigenvalue weighted by Crippen LogP contribution is -2.24. The van der Waals surface area contributed by atoms with Crippen molar-refractivity contribution in [2.24, 2.45) is 5.11 Å². The predicted molar refractivity (Wildman–Crippen MR) is 135 cm³/mol. The van der Waals surface area contributed by atoms with Crippen molar-refractivity contribution < 1.29 is 26.4 Å². The van der Waals surface area contributed by atoms with Crippen molar-refractivity contribution in [2.45, 2.75) is 16.4 Å². The average Bonchev–Trinajstić information content (AvgIpc) is 3.36. The highest BCUT2D eigenvalue weighted by Crippen LogP contribution is 2.37. The summed E-state index contributed by atoms with van der Waals surface area (Å²) in [4.78, 5) is 3.82. The molecule has 0 saturated heterocycles. The van der Waals surface area contributed by atoms with Crippen LogP contribution in [-0.2, 0) is 24.9 Å². The Morgan fingerprint density at radius 3 is 2.74 bits per heavy atom. The van der Waals surface area contributed by atoms with Crippen molar-refractivity contribution in [3.8, 4) is 11.8 Å². The molecular weight excluding hydrogens is 558 g/mol. The maximum atomic E-state index is 13.6. The van der Waals surface area contributed by atoms with E-state index >= 15 is 0 Å². The number of nitrogens with one attached hydrogen (secondary N) is 1. The molecule has 35 heavy (non-hydrogen) atoms. The first-order valence-electron chi connectivity index (χ1n) is 9.40. The molecule has 1 unspecified atom stereocenters. The van der Waals surface area contributed by atoms with Gasteiger partial charge in [0.05, 0.1) is 5.56 Å². The number of thiophene rings is 2. The standard InChI is InChI=1S/C18H16FN5O5PS4.H3N/c19-15-6-13(3-2-12(15)9-20)29-30(25)28-11-23-34(26,27)18-8-17-16(33-18)7-14(32-17)10-31-5-1-4-22-24-21;/h2-3,6-8,23H,1,4-5,10-11H2;1H3/q+1;. The number of rotatable bonds is 13. The molecule has 3 aromatic rings. The van der Waals surface area contributed by atoms with E-state index in [0.29, 0.717) is 6.54 Å². The fourth-order valence-electron chi connectivity index (χ4n) is 2.51. The summed E-state index contributed by atoms with van der Waals surface area (Å²) in [7, 11) is -6.67. The van der Waals surface area contributed by atoms with Crippen molar-refractivity contribution in [3.63, 3.8) is 0 Å². The summed E-state index contributed by atoms with van der Waals surface area (Å²) in [6.07, 6.45) is 0.797. The number of nitriles is 1. The van der Waals surface area contributed by atoms with Crippen LogP contribution in [0.1, 0.15) is 16.9 Å². The Bertz CT molecular complexity index is 1350. The lowest BCUT2D eigenvalue weighted by Gasteiger charge is -2.00. The van der Waals surface area contributed by atoms with Gasteiger partial charge in [0.2, 0.25) is 0 Å². The Balaban J connectivity index is 0.00000432. The summed E-state index contributed by atoms with van der Waals surface area (Å²) in [5.74, 6) is 0.685. The molecule has 0 aliphatic carbocycles. The molecule has 2 heterocycles. The smallest absolute Gasteiger partial charge is 0.344 e. The van der Waals surface area contributed by atoms with E-state index in [1.165, 1.54) is 17.4 Å². The van der Waals surface area contributed by atoms with Gasteiger partial charge < -0.3 is 6.15 Å². The van der Waals surface area contributed by atoms with Crippen LogP contribution in [0.25, 0.3) is 19.8 Å². The molecule has 0 radical (unpaired) electrons. The molecule has 186 valence electrons. The van der Waals surface area contributed by atoms with E-state index in [1.807, 2.05) is 6.07 Å².